The van der Waals surface area contributed by atoms with Crippen LogP contribution in [-0.4, -0.2) is 28.8 Å². The summed E-state index contributed by atoms with van der Waals surface area (Å²) in [6.07, 6.45) is 0.475. The molecule has 0 unspecified atom stereocenters. The lowest BCUT2D eigenvalue weighted by molar-refractivity contribution is -0.384. The molecule has 2 rings (SSSR count). The zero-order chi connectivity index (χ0) is 13.8. The first kappa shape index (κ1) is 13.0. The molecule has 0 amide bonds. The number of nitrogens with two attached hydrogens (primary N) is 1. The van der Waals surface area contributed by atoms with E-state index in [1.807, 2.05) is 0 Å². The summed E-state index contributed by atoms with van der Waals surface area (Å²) in [7, 11) is 1.42. The topological polar surface area (TPSA) is 117 Å². The third-order valence-corrected chi connectivity index (χ3v) is 2.45. The van der Waals surface area contributed by atoms with Crippen LogP contribution in [0.5, 0.6) is 5.75 Å². The van der Waals surface area contributed by atoms with Crippen molar-refractivity contribution in [3.8, 4) is 17.2 Å². The van der Waals surface area contributed by atoms with Gasteiger partial charge >= 0.3 is 0 Å². The van der Waals surface area contributed by atoms with Gasteiger partial charge in [-0.25, -0.2) is 0 Å². The summed E-state index contributed by atoms with van der Waals surface area (Å²) in [6, 6.07) is 4.17. The normalized spacial score (nSPS) is 10.4. The zero-order valence-corrected chi connectivity index (χ0v) is 10.2. The first-order valence-corrected chi connectivity index (χ1v) is 5.51. The molecular formula is C11H12N4O4. The molecule has 0 aliphatic heterocycles. The standard InChI is InChI=1S/C11H12N4O4/c1-18-9-6-7(15(16)17)2-3-8(9)11-14-13-10(19-11)4-5-12/h2-3,6H,4-5,12H2,1H3. The second-order valence-electron chi connectivity index (χ2n) is 3.68. The Kier molecular flexibility index (Phi) is 3.71. The second kappa shape index (κ2) is 5.44. The molecule has 0 saturated heterocycles. The molecule has 1 aromatic carbocycles. The van der Waals surface area contributed by atoms with Gasteiger partial charge in [-0.3, -0.25) is 10.1 Å². The van der Waals surface area contributed by atoms with Crippen LogP contribution >= 0.6 is 0 Å². The van der Waals surface area contributed by atoms with E-state index in [0.29, 0.717) is 30.2 Å². The zero-order valence-electron chi connectivity index (χ0n) is 10.2. The molecule has 2 N–H and O–H groups in total. The molecule has 0 aliphatic carbocycles. The number of non-ortho nitro benzene ring substituents is 1. The number of methoxy groups -OCH3 is 1. The Hall–Kier alpha value is -2.48. The number of benzene rings is 1. The number of nitro benzene ring substituents is 1. The summed E-state index contributed by atoms with van der Waals surface area (Å²) in [5, 5.41) is 18.4. The van der Waals surface area contributed by atoms with Gasteiger partial charge in [0.25, 0.3) is 11.6 Å². The fourth-order valence-corrected chi connectivity index (χ4v) is 1.56. The van der Waals surface area contributed by atoms with Crippen LogP contribution in [-0.2, 0) is 6.42 Å². The Labute approximate surface area is 108 Å². The van der Waals surface area contributed by atoms with Crippen LogP contribution in [0.2, 0.25) is 0 Å². The molecule has 0 fully saturated rings. The van der Waals surface area contributed by atoms with E-state index >= 15 is 0 Å². The van der Waals surface area contributed by atoms with Crippen LogP contribution in [0.15, 0.2) is 22.6 Å². The minimum absolute atomic E-state index is 0.0673. The van der Waals surface area contributed by atoms with Gasteiger partial charge in [-0.1, -0.05) is 0 Å². The van der Waals surface area contributed by atoms with Crippen molar-refractivity contribution in [3.05, 3.63) is 34.2 Å². The first-order chi connectivity index (χ1) is 9.15. The van der Waals surface area contributed by atoms with E-state index in [-0.39, 0.29) is 11.6 Å². The molecule has 0 aliphatic rings. The van der Waals surface area contributed by atoms with Gasteiger partial charge in [-0.05, 0) is 6.07 Å². The first-order valence-electron chi connectivity index (χ1n) is 5.51. The van der Waals surface area contributed by atoms with Crippen LogP contribution in [0, 0.1) is 10.1 Å². The maximum atomic E-state index is 10.7. The molecule has 0 saturated carbocycles. The molecule has 2 aromatic rings. The molecular weight excluding hydrogens is 252 g/mol. The van der Waals surface area contributed by atoms with Crippen molar-refractivity contribution in [1.29, 1.82) is 0 Å². The van der Waals surface area contributed by atoms with Crippen molar-refractivity contribution in [2.45, 2.75) is 6.42 Å². The third-order valence-electron chi connectivity index (χ3n) is 2.45. The number of rotatable bonds is 5. The summed E-state index contributed by atoms with van der Waals surface area (Å²) >= 11 is 0. The average Bonchev–Trinajstić information content (AvgIpc) is 2.86. The summed E-state index contributed by atoms with van der Waals surface area (Å²) in [4.78, 5) is 10.2. The van der Waals surface area contributed by atoms with Gasteiger partial charge in [0.05, 0.1) is 23.7 Å². The lowest BCUT2D eigenvalue weighted by Crippen LogP contribution is -2.02. The van der Waals surface area contributed by atoms with Crippen molar-refractivity contribution in [2.24, 2.45) is 5.73 Å². The van der Waals surface area contributed by atoms with Gasteiger partial charge in [0.15, 0.2) is 0 Å². The van der Waals surface area contributed by atoms with Gasteiger partial charge in [0.1, 0.15) is 5.75 Å². The molecule has 8 heteroatoms. The van der Waals surface area contributed by atoms with Gasteiger partial charge in [-0.2, -0.15) is 0 Å². The van der Waals surface area contributed by atoms with Crippen LogP contribution < -0.4 is 10.5 Å². The molecule has 1 aromatic heterocycles. The highest BCUT2D eigenvalue weighted by atomic mass is 16.6. The molecule has 1 heterocycles. The largest absolute Gasteiger partial charge is 0.496 e. The lowest BCUT2D eigenvalue weighted by atomic mass is 10.2. The number of hydrogen-bond acceptors (Lipinski definition) is 7. The molecule has 0 atom stereocenters. The van der Waals surface area contributed by atoms with Crippen molar-refractivity contribution < 1.29 is 14.1 Å². The van der Waals surface area contributed by atoms with E-state index in [4.69, 9.17) is 14.9 Å². The average molecular weight is 264 g/mol. The molecule has 8 nitrogen and oxygen atoms in total. The van der Waals surface area contributed by atoms with Crippen LogP contribution in [0.25, 0.3) is 11.5 Å². The molecule has 0 spiro atoms. The Bertz CT molecular complexity index is 596. The van der Waals surface area contributed by atoms with Gasteiger partial charge < -0.3 is 14.9 Å². The van der Waals surface area contributed by atoms with Crippen LogP contribution in [0.4, 0.5) is 5.69 Å². The van der Waals surface area contributed by atoms with E-state index in [1.54, 1.807) is 0 Å². The van der Waals surface area contributed by atoms with E-state index in [9.17, 15) is 10.1 Å². The third kappa shape index (κ3) is 2.68. The van der Waals surface area contributed by atoms with E-state index in [0.717, 1.165) is 0 Å². The lowest BCUT2D eigenvalue weighted by Gasteiger charge is -2.04. The van der Waals surface area contributed by atoms with Gasteiger partial charge in [-0.15, -0.1) is 10.2 Å². The Morgan fingerprint density at radius 1 is 1.47 bits per heavy atom. The molecule has 19 heavy (non-hydrogen) atoms. The minimum Gasteiger partial charge on any atom is -0.496 e. The quantitative estimate of drug-likeness (QED) is 0.635. The van der Waals surface area contributed by atoms with Crippen LogP contribution in [0.3, 0.4) is 0 Å². The number of hydrogen-bond donors (Lipinski definition) is 1. The predicted octanol–water partition coefficient (Wildman–Crippen LogP) is 1.15. The van der Waals surface area contributed by atoms with Crippen molar-refractivity contribution in [3.63, 3.8) is 0 Å². The number of nitro groups is 1. The van der Waals surface area contributed by atoms with Crippen molar-refractivity contribution in [1.82, 2.24) is 10.2 Å². The van der Waals surface area contributed by atoms with Crippen molar-refractivity contribution >= 4 is 5.69 Å². The number of ether oxygens (including phenoxy) is 1. The monoisotopic (exact) mass is 264 g/mol. The molecule has 0 radical (unpaired) electrons. The molecule has 100 valence electrons. The summed E-state index contributed by atoms with van der Waals surface area (Å²) in [5.41, 5.74) is 5.83. The number of aromatic nitrogens is 2. The Balaban J connectivity index is 2.40. The minimum atomic E-state index is -0.500. The highest BCUT2D eigenvalue weighted by Gasteiger charge is 2.17. The summed E-state index contributed by atoms with van der Waals surface area (Å²) < 4.78 is 10.5. The maximum absolute atomic E-state index is 10.7. The highest BCUT2D eigenvalue weighted by Crippen LogP contribution is 2.32. The predicted molar refractivity (Wildman–Crippen MR) is 65.7 cm³/mol. The van der Waals surface area contributed by atoms with E-state index < -0.39 is 4.92 Å². The summed E-state index contributed by atoms with van der Waals surface area (Å²) in [6.45, 7) is 0.402. The fraction of sp³-hybridized carbons (Fsp3) is 0.273. The smallest absolute Gasteiger partial charge is 0.273 e. The van der Waals surface area contributed by atoms with E-state index in [2.05, 4.69) is 10.2 Å². The Morgan fingerprint density at radius 2 is 2.26 bits per heavy atom. The highest BCUT2D eigenvalue weighted by molar-refractivity contribution is 5.65. The number of nitrogens with zero attached hydrogens (tertiary/aromatic N) is 3. The van der Waals surface area contributed by atoms with E-state index in [1.165, 1.54) is 25.3 Å². The van der Waals surface area contributed by atoms with Crippen LogP contribution in [0.1, 0.15) is 5.89 Å². The second-order valence-corrected chi connectivity index (χ2v) is 3.68. The van der Waals surface area contributed by atoms with Gasteiger partial charge in [0.2, 0.25) is 5.89 Å². The Morgan fingerprint density at radius 3 is 2.89 bits per heavy atom. The van der Waals surface area contributed by atoms with Gasteiger partial charge in [0, 0.05) is 19.0 Å². The fourth-order valence-electron chi connectivity index (χ4n) is 1.56. The van der Waals surface area contributed by atoms with Crippen molar-refractivity contribution in [2.75, 3.05) is 13.7 Å². The summed E-state index contributed by atoms with van der Waals surface area (Å²) in [5.74, 6) is 0.963. The SMILES string of the molecule is COc1cc([N+](=O)[O-])ccc1-c1nnc(CCN)o1. The maximum Gasteiger partial charge on any atom is 0.273 e. The molecule has 0 bridgehead atoms.